The van der Waals surface area contributed by atoms with E-state index in [1.54, 1.807) is 24.3 Å². The molecule has 0 spiro atoms. The predicted octanol–water partition coefficient (Wildman–Crippen LogP) is 3.80. The Morgan fingerprint density at radius 1 is 1.14 bits per heavy atom. The minimum Gasteiger partial charge on any atom is -0.459 e. The summed E-state index contributed by atoms with van der Waals surface area (Å²) in [5.74, 6) is 1.38. The second-order valence-corrected chi connectivity index (χ2v) is 4.67. The zero-order chi connectivity index (χ0) is 14.8. The summed E-state index contributed by atoms with van der Waals surface area (Å²) in [5.41, 5.74) is 2.42. The number of nitrogens with zero attached hydrogens (tertiary/aromatic N) is 1. The number of aromatic nitrogens is 1. The van der Waals surface area contributed by atoms with Gasteiger partial charge in [-0.1, -0.05) is 0 Å². The minimum absolute atomic E-state index is 0.276. The van der Waals surface area contributed by atoms with Gasteiger partial charge in [-0.3, -0.25) is 4.79 Å². The zero-order valence-corrected chi connectivity index (χ0v) is 11.7. The molecule has 0 radical (unpaired) electrons. The third-order valence-corrected chi connectivity index (χ3v) is 3.16. The van der Waals surface area contributed by atoms with Gasteiger partial charge in [0.2, 0.25) is 5.89 Å². The van der Waals surface area contributed by atoms with Crippen LogP contribution in [0.2, 0.25) is 0 Å². The summed E-state index contributed by atoms with van der Waals surface area (Å²) in [6, 6.07) is 10.6. The van der Waals surface area contributed by atoms with Crippen LogP contribution in [0.3, 0.4) is 0 Å². The molecule has 0 aliphatic rings. The van der Waals surface area contributed by atoms with Gasteiger partial charge in [-0.25, -0.2) is 4.98 Å². The Hall–Kier alpha value is -2.82. The number of furan rings is 1. The van der Waals surface area contributed by atoms with E-state index in [-0.39, 0.29) is 11.7 Å². The summed E-state index contributed by atoms with van der Waals surface area (Å²) in [7, 11) is 0. The van der Waals surface area contributed by atoms with Gasteiger partial charge in [0.25, 0.3) is 5.91 Å². The molecule has 0 aliphatic carbocycles. The number of aryl methyl sites for hydroxylation is 2. The fraction of sp³-hybridized carbons (Fsp3) is 0.125. The average molecular weight is 282 g/mol. The molecule has 3 aromatic rings. The fourth-order valence-corrected chi connectivity index (χ4v) is 1.89. The van der Waals surface area contributed by atoms with Gasteiger partial charge in [-0.15, -0.1) is 0 Å². The molecular formula is C16H14N2O3. The predicted molar refractivity (Wildman–Crippen MR) is 78.1 cm³/mol. The molecule has 0 aliphatic heterocycles. The molecular weight excluding hydrogens is 268 g/mol. The second kappa shape index (κ2) is 5.28. The van der Waals surface area contributed by atoms with E-state index >= 15 is 0 Å². The van der Waals surface area contributed by atoms with Gasteiger partial charge in [0.1, 0.15) is 5.76 Å². The van der Waals surface area contributed by atoms with Crippen molar-refractivity contribution >= 4 is 11.6 Å². The number of hydrogen-bond donors (Lipinski definition) is 1. The Labute approximate surface area is 121 Å². The Balaban J connectivity index is 1.76. The number of amides is 1. The monoisotopic (exact) mass is 282 g/mol. The summed E-state index contributed by atoms with van der Waals surface area (Å²) in [6.45, 7) is 3.78. The van der Waals surface area contributed by atoms with Crippen LogP contribution >= 0.6 is 0 Å². The normalized spacial score (nSPS) is 10.6. The van der Waals surface area contributed by atoms with Crippen LogP contribution in [0.4, 0.5) is 5.69 Å². The lowest BCUT2D eigenvalue weighted by Gasteiger charge is -2.03. The van der Waals surface area contributed by atoms with Crippen LogP contribution in [0.1, 0.15) is 22.0 Å². The van der Waals surface area contributed by atoms with Crippen LogP contribution < -0.4 is 5.32 Å². The number of nitrogens with one attached hydrogen (secondary N) is 1. The van der Waals surface area contributed by atoms with Crippen molar-refractivity contribution in [3.8, 4) is 11.5 Å². The molecule has 0 unspecified atom stereocenters. The molecule has 5 heteroatoms. The standard InChI is InChI=1S/C16H14N2O3/c1-10-11(2)21-16(17-10)12-5-7-13(8-6-12)18-15(19)14-4-3-9-20-14/h3-9H,1-2H3,(H,18,19). The molecule has 1 aromatic carbocycles. The van der Waals surface area contributed by atoms with Gasteiger partial charge in [-0.2, -0.15) is 0 Å². The molecule has 0 atom stereocenters. The smallest absolute Gasteiger partial charge is 0.291 e. The highest BCUT2D eigenvalue weighted by Gasteiger charge is 2.10. The molecule has 0 bridgehead atoms. The molecule has 1 N–H and O–H groups in total. The number of carbonyl (C=O) groups excluding carboxylic acids is 1. The summed E-state index contributed by atoms with van der Waals surface area (Å²) in [5, 5.41) is 2.76. The Morgan fingerprint density at radius 2 is 1.90 bits per heavy atom. The van der Waals surface area contributed by atoms with Crippen molar-refractivity contribution in [2.24, 2.45) is 0 Å². The summed E-state index contributed by atoms with van der Waals surface area (Å²) < 4.78 is 10.6. The van der Waals surface area contributed by atoms with Crippen molar-refractivity contribution in [3.05, 3.63) is 59.9 Å². The number of rotatable bonds is 3. The summed E-state index contributed by atoms with van der Waals surface area (Å²) in [4.78, 5) is 16.2. The SMILES string of the molecule is Cc1nc(-c2ccc(NC(=O)c3ccco3)cc2)oc1C. The molecule has 0 saturated carbocycles. The third kappa shape index (κ3) is 2.72. The highest BCUT2D eigenvalue weighted by molar-refractivity contribution is 6.02. The van der Waals surface area contributed by atoms with Crippen LogP contribution in [0, 0.1) is 13.8 Å². The van der Waals surface area contributed by atoms with Crippen LogP contribution in [-0.4, -0.2) is 10.9 Å². The van der Waals surface area contributed by atoms with Gasteiger partial charge < -0.3 is 14.2 Å². The Morgan fingerprint density at radius 3 is 2.48 bits per heavy atom. The first-order valence-corrected chi connectivity index (χ1v) is 6.53. The fourth-order valence-electron chi connectivity index (χ4n) is 1.89. The Bertz CT molecular complexity index is 736. The minimum atomic E-state index is -0.282. The lowest BCUT2D eigenvalue weighted by Crippen LogP contribution is -2.10. The van der Waals surface area contributed by atoms with Gasteiger partial charge in [0, 0.05) is 11.3 Å². The van der Waals surface area contributed by atoms with Gasteiger partial charge >= 0.3 is 0 Å². The maximum absolute atomic E-state index is 11.8. The maximum Gasteiger partial charge on any atom is 0.291 e. The van der Waals surface area contributed by atoms with E-state index in [1.807, 2.05) is 26.0 Å². The summed E-state index contributed by atoms with van der Waals surface area (Å²) in [6.07, 6.45) is 1.46. The molecule has 106 valence electrons. The van der Waals surface area contributed by atoms with Crippen LogP contribution in [0.25, 0.3) is 11.5 Å². The molecule has 21 heavy (non-hydrogen) atoms. The van der Waals surface area contributed by atoms with E-state index in [0.29, 0.717) is 11.6 Å². The van der Waals surface area contributed by atoms with Crippen LogP contribution in [0.15, 0.2) is 51.5 Å². The van der Waals surface area contributed by atoms with Gasteiger partial charge in [-0.05, 0) is 50.2 Å². The van der Waals surface area contributed by atoms with E-state index in [4.69, 9.17) is 8.83 Å². The van der Waals surface area contributed by atoms with E-state index in [0.717, 1.165) is 17.0 Å². The molecule has 0 fully saturated rings. The second-order valence-electron chi connectivity index (χ2n) is 4.67. The number of benzene rings is 1. The van der Waals surface area contributed by atoms with Gasteiger partial charge in [0.05, 0.1) is 12.0 Å². The molecule has 2 aromatic heterocycles. The zero-order valence-electron chi connectivity index (χ0n) is 11.7. The summed E-state index contributed by atoms with van der Waals surface area (Å²) >= 11 is 0. The van der Waals surface area contributed by atoms with Crippen molar-refractivity contribution < 1.29 is 13.6 Å². The van der Waals surface area contributed by atoms with E-state index in [9.17, 15) is 4.79 Å². The molecule has 2 heterocycles. The number of oxazole rings is 1. The molecule has 1 amide bonds. The van der Waals surface area contributed by atoms with Crippen molar-refractivity contribution in [2.45, 2.75) is 13.8 Å². The third-order valence-electron chi connectivity index (χ3n) is 3.16. The first-order chi connectivity index (χ1) is 10.1. The van der Waals surface area contributed by atoms with Crippen LogP contribution in [0.5, 0.6) is 0 Å². The van der Waals surface area contributed by atoms with Crippen molar-refractivity contribution in [3.63, 3.8) is 0 Å². The van der Waals surface area contributed by atoms with E-state index in [1.165, 1.54) is 6.26 Å². The molecule has 5 nitrogen and oxygen atoms in total. The van der Waals surface area contributed by atoms with Crippen molar-refractivity contribution in [1.29, 1.82) is 0 Å². The largest absolute Gasteiger partial charge is 0.459 e. The Kier molecular flexibility index (Phi) is 3.31. The highest BCUT2D eigenvalue weighted by Crippen LogP contribution is 2.23. The quantitative estimate of drug-likeness (QED) is 0.793. The van der Waals surface area contributed by atoms with Crippen molar-refractivity contribution in [2.75, 3.05) is 5.32 Å². The van der Waals surface area contributed by atoms with E-state index in [2.05, 4.69) is 10.3 Å². The highest BCUT2D eigenvalue weighted by atomic mass is 16.4. The van der Waals surface area contributed by atoms with Crippen molar-refractivity contribution in [1.82, 2.24) is 4.98 Å². The average Bonchev–Trinajstić information content (AvgIpc) is 3.11. The van der Waals surface area contributed by atoms with Crippen LogP contribution in [-0.2, 0) is 0 Å². The van der Waals surface area contributed by atoms with E-state index < -0.39 is 0 Å². The van der Waals surface area contributed by atoms with Gasteiger partial charge in [0.15, 0.2) is 5.76 Å². The maximum atomic E-state index is 11.8. The number of carbonyl (C=O) groups is 1. The number of anilines is 1. The lowest BCUT2D eigenvalue weighted by molar-refractivity contribution is 0.0996. The number of hydrogen-bond acceptors (Lipinski definition) is 4. The first-order valence-electron chi connectivity index (χ1n) is 6.53. The first kappa shape index (κ1) is 13.2. The molecule has 3 rings (SSSR count). The topological polar surface area (TPSA) is 68.3 Å². The molecule has 0 saturated heterocycles. The lowest BCUT2D eigenvalue weighted by atomic mass is 10.2.